The number of pyridine rings is 1. The van der Waals surface area contributed by atoms with Crippen LogP contribution < -0.4 is 4.74 Å². The molecule has 0 bridgehead atoms. The van der Waals surface area contributed by atoms with Gasteiger partial charge in [0.2, 0.25) is 0 Å². The van der Waals surface area contributed by atoms with Crippen molar-refractivity contribution in [3.05, 3.63) is 60.8 Å². The number of hydrogen-bond acceptors (Lipinski definition) is 4. The van der Waals surface area contributed by atoms with Crippen LogP contribution in [0.15, 0.2) is 35.1 Å². The largest absolute Gasteiger partial charge is 0.482 e. The summed E-state index contributed by atoms with van der Waals surface area (Å²) in [6.07, 6.45) is 3.24. The van der Waals surface area contributed by atoms with Crippen LogP contribution in [0.4, 0.5) is 5.69 Å². The SMILES string of the molecule is O=[N+]([O-])c1cc(Cl)c(Cl)cc1OCc1cncc(Br)c1. The maximum absolute atomic E-state index is 11.0. The van der Waals surface area contributed by atoms with E-state index in [2.05, 4.69) is 20.9 Å². The molecule has 0 unspecified atom stereocenters. The fourth-order valence-electron chi connectivity index (χ4n) is 1.47. The minimum atomic E-state index is -0.573. The molecule has 0 radical (unpaired) electrons. The van der Waals surface area contributed by atoms with Gasteiger partial charge in [0.15, 0.2) is 5.75 Å². The quantitative estimate of drug-likeness (QED) is 0.575. The Morgan fingerprint density at radius 3 is 2.60 bits per heavy atom. The lowest BCUT2D eigenvalue weighted by Gasteiger charge is -2.08. The molecular formula is C12H7BrCl2N2O3. The fraction of sp³-hybridized carbons (Fsp3) is 0.0833. The Morgan fingerprint density at radius 2 is 1.95 bits per heavy atom. The molecular weight excluding hydrogens is 371 g/mol. The van der Waals surface area contributed by atoms with Gasteiger partial charge in [-0.15, -0.1) is 0 Å². The highest BCUT2D eigenvalue weighted by atomic mass is 79.9. The molecule has 0 spiro atoms. The minimum Gasteiger partial charge on any atom is -0.482 e. The van der Waals surface area contributed by atoms with Gasteiger partial charge < -0.3 is 4.74 Å². The Labute approximate surface area is 132 Å². The fourth-order valence-corrected chi connectivity index (χ4v) is 2.20. The lowest BCUT2D eigenvalue weighted by Crippen LogP contribution is -2.00. The second-order valence-corrected chi connectivity index (χ2v) is 5.52. The molecule has 0 atom stereocenters. The lowest BCUT2D eigenvalue weighted by atomic mass is 10.3. The smallest absolute Gasteiger partial charge is 0.312 e. The summed E-state index contributed by atoms with van der Waals surface area (Å²) in [7, 11) is 0. The van der Waals surface area contributed by atoms with Crippen molar-refractivity contribution < 1.29 is 9.66 Å². The van der Waals surface area contributed by atoms with Crippen molar-refractivity contribution in [2.45, 2.75) is 6.61 Å². The summed E-state index contributed by atoms with van der Waals surface area (Å²) in [6, 6.07) is 4.29. The first kappa shape index (κ1) is 15.0. The molecule has 5 nitrogen and oxygen atoms in total. The molecule has 0 aliphatic heterocycles. The Morgan fingerprint density at radius 1 is 1.25 bits per heavy atom. The monoisotopic (exact) mass is 376 g/mol. The van der Waals surface area contributed by atoms with Crippen LogP contribution in [0.3, 0.4) is 0 Å². The molecule has 0 aliphatic carbocycles. The molecule has 0 N–H and O–H groups in total. The highest BCUT2D eigenvalue weighted by Crippen LogP contribution is 2.36. The van der Waals surface area contributed by atoms with E-state index in [9.17, 15) is 10.1 Å². The number of benzene rings is 1. The second-order valence-electron chi connectivity index (χ2n) is 3.79. The number of ether oxygens (including phenoxy) is 1. The van der Waals surface area contributed by atoms with E-state index in [1.807, 2.05) is 0 Å². The average molecular weight is 378 g/mol. The topological polar surface area (TPSA) is 65.3 Å². The van der Waals surface area contributed by atoms with E-state index >= 15 is 0 Å². The van der Waals surface area contributed by atoms with Crippen LogP contribution in [0.25, 0.3) is 0 Å². The third-order valence-corrected chi connectivity index (χ3v) is 3.51. The maximum Gasteiger partial charge on any atom is 0.312 e. The number of aromatic nitrogens is 1. The van der Waals surface area contributed by atoms with Crippen molar-refractivity contribution in [2.24, 2.45) is 0 Å². The summed E-state index contributed by atoms with van der Waals surface area (Å²) in [5.74, 6) is 0.0596. The van der Waals surface area contributed by atoms with E-state index in [0.29, 0.717) is 0 Å². The van der Waals surface area contributed by atoms with Gasteiger partial charge in [-0.2, -0.15) is 0 Å². The summed E-state index contributed by atoms with van der Waals surface area (Å²) in [5, 5.41) is 11.3. The normalized spacial score (nSPS) is 10.3. The third kappa shape index (κ3) is 3.59. The van der Waals surface area contributed by atoms with Crippen molar-refractivity contribution in [3.8, 4) is 5.75 Å². The van der Waals surface area contributed by atoms with Crippen molar-refractivity contribution >= 4 is 44.8 Å². The van der Waals surface area contributed by atoms with Gasteiger partial charge in [-0.1, -0.05) is 23.2 Å². The van der Waals surface area contributed by atoms with Crippen molar-refractivity contribution in [3.63, 3.8) is 0 Å². The van der Waals surface area contributed by atoms with Crippen LogP contribution in [0, 0.1) is 10.1 Å². The second kappa shape index (κ2) is 6.39. The van der Waals surface area contributed by atoms with Crippen LogP contribution in [-0.2, 0) is 6.61 Å². The zero-order valence-corrected chi connectivity index (χ0v) is 12.9. The molecule has 0 fully saturated rings. The first-order chi connectivity index (χ1) is 9.47. The van der Waals surface area contributed by atoms with E-state index in [1.165, 1.54) is 12.1 Å². The van der Waals surface area contributed by atoms with Gasteiger partial charge in [0.1, 0.15) is 6.61 Å². The maximum atomic E-state index is 11.0. The zero-order chi connectivity index (χ0) is 14.7. The van der Waals surface area contributed by atoms with E-state index in [-0.39, 0.29) is 28.1 Å². The summed E-state index contributed by atoms with van der Waals surface area (Å²) in [5.41, 5.74) is 0.530. The molecule has 20 heavy (non-hydrogen) atoms. The van der Waals surface area contributed by atoms with Crippen LogP contribution in [0.5, 0.6) is 5.75 Å². The molecule has 0 aliphatic rings. The summed E-state index contributed by atoms with van der Waals surface area (Å²) >= 11 is 14.9. The Balaban J connectivity index is 2.24. The average Bonchev–Trinajstić information content (AvgIpc) is 2.39. The Bertz CT molecular complexity index is 667. The van der Waals surface area contributed by atoms with E-state index in [4.69, 9.17) is 27.9 Å². The molecule has 0 saturated carbocycles. The Hall–Kier alpha value is -1.37. The van der Waals surface area contributed by atoms with Crippen molar-refractivity contribution in [2.75, 3.05) is 0 Å². The molecule has 2 rings (SSSR count). The van der Waals surface area contributed by atoms with Gasteiger partial charge in [0.05, 0.1) is 15.0 Å². The molecule has 104 valence electrons. The molecule has 1 heterocycles. The molecule has 1 aromatic heterocycles. The van der Waals surface area contributed by atoms with Crippen molar-refractivity contribution in [1.29, 1.82) is 0 Å². The van der Waals surface area contributed by atoms with Crippen LogP contribution in [-0.4, -0.2) is 9.91 Å². The number of hydrogen-bond donors (Lipinski definition) is 0. The number of rotatable bonds is 4. The zero-order valence-electron chi connectivity index (χ0n) is 9.85. The van der Waals surface area contributed by atoms with Gasteiger partial charge in [-0.05, 0) is 22.0 Å². The number of nitrogens with zero attached hydrogens (tertiary/aromatic N) is 2. The summed E-state index contributed by atoms with van der Waals surface area (Å²) in [6.45, 7) is 0.130. The number of halogens is 3. The van der Waals surface area contributed by atoms with Gasteiger partial charge >= 0.3 is 5.69 Å². The molecule has 8 heteroatoms. The molecule has 2 aromatic rings. The van der Waals surface area contributed by atoms with Gasteiger partial charge in [0.25, 0.3) is 0 Å². The summed E-state index contributed by atoms with van der Waals surface area (Å²) < 4.78 is 6.22. The first-order valence-corrected chi connectivity index (χ1v) is 6.88. The summed E-state index contributed by atoms with van der Waals surface area (Å²) in [4.78, 5) is 14.4. The predicted octanol–water partition coefficient (Wildman–Crippen LogP) is 4.64. The van der Waals surface area contributed by atoms with E-state index in [1.54, 1.807) is 18.5 Å². The predicted molar refractivity (Wildman–Crippen MR) is 79.4 cm³/mol. The van der Waals surface area contributed by atoms with Crippen molar-refractivity contribution in [1.82, 2.24) is 4.98 Å². The van der Waals surface area contributed by atoms with Gasteiger partial charge in [0, 0.05) is 34.6 Å². The standard InChI is InChI=1S/C12H7BrCl2N2O3/c13-8-1-7(4-16-5-8)6-20-12-3-10(15)9(14)2-11(12)17(18)19/h1-5H,6H2. The molecule has 0 saturated heterocycles. The van der Waals surface area contributed by atoms with Gasteiger partial charge in [-0.25, -0.2) is 0 Å². The van der Waals surface area contributed by atoms with Crippen LogP contribution in [0.1, 0.15) is 5.56 Å². The first-order valence-electron chi connectivity index (χ1n) is 5.33. The van der Waals surface area contributed by atoms with E-state index in [0.717, 1.165) is 10.0 Å². The van der Waals surface area contributed by atoms with Crippen LogP contribution >= 0.6 is 39.1 Å². The number of nitro groups is 1. The Kier molecular flexibility index (Phi) is 4.80. The van der Waals surface area contributed by atoms with Crippen LogP contribution in [0.2, 0.25) is 10.0 Å². The van der Waals surface area contributed by atoms with E-state index < -0.39 is 4.92 Å². The lowest BCUT2D eigenvalue weighted by molar-refractivity contribution is -0.385. The third-order valence-electron chi connectivity index (χ3n) is 2.35. The molecule has 0 amide bonds. The highest BCUT2D eigenvalue weighted by molar-refractivity contribution is 9.10. The number of nitro benzene ring substituents is 1. The minimum absolute atomic E-state index is 0.0596. The molecule has 1 aromatic carbocycles. The highest BCUT2D eigenvalue weighted by Gasteiger charge is 2.18. The van der Waals surface area contributed by atoms with Gasteiger partial charge in [-0.3, -0.25) is 15.1 Å².